The molecule has 0 bridgehead atoms. The summed E-state index contributed by atoms with van der Waals surface area (Å²) in [4.78, 5) is 75.4. The Morgan fingerprint density at radius 2 is 1.18 bits per heavy atom. The van der Waals surface area contributed by atoms with E-state index >= 15 is 0 Å². The molecule has 1 amide bonds. The van der Waals surface area contributed by atoms with Crippen LogP contribution in [0.25, 0.3) is 10.9 Å². The lowest BCUT2D eigenvalue weighted by atomic mass is 10.1. The van der Waals surface area contributed by atoms with Gasteiger partial charge in [0.05, 0.1) is 38.3 Å². The fraction of sp³-hybridized carbons (Fsp3) is 0.600. The van der Waals surface area contributed by atoms with Crippen molar-refractivity contribution in [3.63, 3.8) is 0 Å². The highest BCUT2D eigenvalue weighted by Gasteiger charge is 2.45. The Labute approximate surface area is 297 Å². The fourth-order valence-electron chi connectivity index (χ4n) is 6.81. The molecule has 3 aliphatic rings. The number of pyridine rings is 1. The third-order valence-corrected chi connectivity index (χ3v) is 10.0. The minimum absolute atomic E-state index is 0.0195. The van der Waals surface area contributed by atoms with E-state index in [1.54, 1.807) is 27.0 Å². The second kappa shape index (κ2) is 17.8. The minimum atomic E-state index is -1.01. The number of aromatic nitrogens is 1. The maximum absolute atomic E-state index is 13.5. The van der Waals surface area contributed by atoms with Crippen molar-refractivity contribution >= 4 is 41.0 Å². The first-order valence-electron chi connectivity index (χ1n) is 17.5. The van der Waals surface area contributed by atoms with E-state index in [-0.39, 0.29) is 37.5 Å². The molecule has 3 N–H and O–H groups in total. The minimum Gasteiger partial charge on any atom is -0.493 e. The van der Waals surface area contributed by atoms with Crippen LogP contribution in [0.1, 0.15) is 23.2 Å². The number of hydrogen-bond acceptors (Lipinski definition) is 12. The van der Waals surface area contributed by atoms with Gasteiger partial charge < -0.3 is 25.0 Å². The quantitative estimate of drug-likeness (QED) is 0.219. The number of aliphatic carboxylic acids is 3. The number of rotatable bonds is 14. The van der Waals surface area contributed by atoms with Crippen molar-refractivity contribution in [3.8, 4) is 5.75 Å². The highest BCUT2D eigenvalue weighted by molar-refractivity contribution is 5.96. The van der Waals surface area contributed by atoms with Gasteiger partial charge in [0.1, 0.15) is 5.75 Å². The van der Waals surface area contributed by atoms with E-state index in [0.717, 1.165) is 49.7 Å². The van der Waals surface area contributed by atoms with E-state index in [9.17, 15) is 39.3 Å². The molecule has 3 fully saturated rings. The Morgan fingerprint density at radius 1 is 0.686 bits per heavy atom. The van der Waals surface area contributed by atoms with E-state index in [1.807, 2.05) is 28.0 Å². The summed E-state index contributed by atoms with van der Waals surface area (Å²) in [6, 6.07) is 7.30. The Kier molecular flexibility index (Phi) is 13.3. The van der Waals surface area contributed by atoms with Crippen LogP contribution in [0.4, 0.5) is 0 Å². The second-order valence-corrected chi connectivity index (χ2v) is 13.9. The van der Waals surface area contributed by atoms with Crippen molar-refractivity contribution in [1.82, 2.24) is 34.4 Å². The summed E-state index contributed by atoms with van der Waals surface area (Å²) in [7, 11) is 0. The van der Waals surface area contributed by atoms with Crippen LogP contribution in [-0.4, -0.2) is 198 Å². The van der Waals surface area contributed by atoms with Crippen molar-refractivity contribution in [2.45, 2.75) is 12.8 Å². The zero-order chi connectivity index (χ0) is 36.4. The van der Waals surface area contributed by atoms with Crippen molar-refractivity contribution in [3.05, 3.63) is 36.0 Å². The molecule has 1 aromatic heterocycles. The first-order valence-corrected chi connectivity index (χ1v) is 17.5. The summed E-state index contributed by atoms with van der Waals surface area (Å²) in [5.41, 5.74) is 1.38. The number of ether oxygens (including phenoxy) is 1. The SMILES string of the molecule is O=Cc1ccnc2ccc(OCC3(CN4CCN(C(=O)CN5CCN(CC(=O)O)CCN(CC(=O)O)CCN(CC(=O)O)CC5)CC4)CC3)cc12. The predicted octanol–water partition coefficient (Wildman–Crippen LogP) is -0.174. The number of benzene rings is 1. The number of piperazine rings is 1. The van der Waals surface area contributed by atoms with Gasteiger partial charge in [0.2, 0.25) is 5.91 Å². The second-order valence-electron chi connectivity index (χ2n) is 13.9. The van der Waals surface area contributed by atoms with Gasteiger partial charge in [-0.3, -0.25) is 53.5 Å². The average Bonchev–Trinajstić information content (AvgIpc) is 3.86. The molecule has 0 radical (unpaired) electrons. The summed E-state index contributed by atoms with van der Waals surface area (Å²) in [5.74, 6) is -2.29. The van der Waals surface area contributed by atoms with Gasteiger partial charge in [-0.1, -0.05) is 0 Å². The van der Waals surface area contributed by atoms with E-state index < -0.39 is 17.9 Å². The van der Waals surface area contributed by atoms with Crippen LogP contribution in [-0.2, 0) is 19.2 Å². The molecule has 2 aliphatic heterocycles. The maximum Gasteiger partial charge on any atom is 0.317 e. The Balaban J connectivity index is 1.13. The zero-order valence-corrected chi connectivity index (χ0v) is 29.0. The van der Waals surface area contributed by atoms with Gasteiger partial charge in [-0.15, -0.1) is 0 Å². The van der Waals surface area contributed by atoms with Gasteiger partial charge in [0.25, 0.3) is 0 Å². The molecule has 5 rings (SSSR count). The summed E-state index contributed by atoms with van der Waals surface area (Å²) in [6.45, 7) is 6.45. The van der Waals surface area contributed by atoms with E-state index in [1.165, 1.54) is 0 Å². The molecule has 2 aromatic rings. The molecular weight excluding hydrogens is 662 g/mol. The number of carboxylic acids is 3. The third kappa shape index (κ3) is 11.7. The lowest BCUT2D eigenvalue weighted by molar-refractivity contribution is -0.141. The highest BCUT2D eigenvalue weighted by atomic mass is 16.5. The lowest BCUT2D eigenvalue weighted by Crippen LogP contribution is -2.54. The maximum atomic E-state index is 13.5. The number of carbonyl (C=O) groups is 5. The number of nitrogens with zero attached hydrogens (tertiary/aromatic N) is 7. The van der Waals surface area contributed by atoms with Crippen LogP contribution in [0, 0.1) is 5.41 Å². The lowest BCUT2D eigenvalue weighted by Gasteiger charge is -2.38. The Hall–Kier alpha value is -4.22. The molecule has 0 spiro atoms. The third-order valence-electron chi connectivity index (χ3n) is 10.0. The molecule has 3 heterocycles. The Morgan fingerprint density at radius 3 is 1.65 bits per heavy atom. The van der Waals surface area contributed by atoms with Crippen molar-refractivity contribution in [2.75, 3.05) is 118 Å². The summed E-state index contributed by atoms with van der Waals surface area (Å²) < 4.78 is 6.22. The van der Waals surface area contributed by atoms with Crippen LogP contribution < -0.4 is 4.74 Å². The van der Waals surface area contributed by atoms with Crippen molar-refractivity contribution in [1.29, 1.82) is 0 Å². The molecular formula is C35H49N7O9. The molecule has 2 saturated heterocycles. The smallest absolute Gasteiger partial charge is 0.317 e. The zero-order valence-electron chi connectivity index (χ0n) is 29.0. The van der Waals surface area contributed by atoms with E-state index in [0.29, 0.717) is 83.4 Å². The van der Waals surface area contributed by atoms with Crippen LogP contribution in [0.3, 0.4) is 0 Å². The topological polar surface area (TPSA) is 188 Å². The number of fused-ring (bicyclic) bond motifs is 1. The largest absolute Gasteiger partial charge is 0.493 e. The standard InChI is InChI=1S/C35H49N7O9/c43-24-27-3-6-36-30-2-1-28(19-29(27)30)51-26-35(4-5-35)25-41-15-17-42(18-16-41)31(44)20-37-7-9-38(21-32(45)46)11-13-40(23-34(49)50)14-12-39(10-8-37)22-33(47)48/h1-3,6,19,24H,4-5,7-18,20-23,25-26H2,(H,45,46)(H,47,48)(H,49,50). The summed E-state index contributed by atoms with van der Waals surface area (Å²) in [5, 5.41) is 29.1. The summed E-state index contributed by atoms with van der Waals surface area (Å²) >= 11 is 0. The van der Waals surface area contributed by atoms with Gasteiger partial charge in [0, 0.05) is 108 Å². The average molecular weight is 712 g/mol. The number of aldehydes is 1. The van der Waals surface area contributed by atoms with Gasteiger partial charge in [-0.05, 0) is 37.1 Å². The van der Waals surface area contributed by atoms with Crippen molar-refractivity contribution in [2.24, 2.45) is 5.41 Å². The molecule has 1 aromatic carbocycles. The first kappa shape index (κ1) is 38.0. The van der Waals surface area contributed by atoms with Gasteiger partial charge in [0.15, 0.2) is 6.29 Å². The molecule has 1 saturated carbocycles. The number of amides is 1. The Bertz CT molecular complexity index is 1510. The number of hydrogen-bond donors (Lipinski definition) is 3. The fourth-order valence-corrected chi connectivity index (χ4v) is 6.81. The molecule has 1 aliphatic carbocycles. The van der Waals surface area contributed by atoms with Crippen molar-refractivity contribution < 1.29 is 44.0 Å². The van der Waals surface area contributed by atoms with Gasteiger partial charge in [-0.25, -0.2) is 0 Å². The molecule has 278 valence electrons. The highest BCUT2D eigenvalue weighted by Crippen LogP contribution is 2.46. The number of carbonyl (C=O) groups excluding carboxylic acids is 2. The van der Waals surface area contributed by atoms with Crippen LogP contribution in [0.2, 0.25) is 0 Å². The predicted molar refractivity (Wildman–Crippen MR) is 186 cm³/mol. The van der Waals surface area contributed by atoms with Gasteiger partial charge in [-0.2, -0.15) is 0 Å². The summed E-state index contributed by atoms with van der Waals surface area (Å²) in [6.07, 6.45) is 4.57. The van der Waals surface area contributed by atoms with Crippen LogP contribution >= 0.6 is 0 Å². The van der Waals surface area contributed by atoms with E-state index in [2.05, 4.69) is 9.88 Å². The van der Waals surface area contributed by atoms with E-state index in [4.69, 9.17) is 4.74 Å². The molecule has 16 heteroatoms. The normalized spacial score (nSPS) is 20.3. The molecule has 51 heavy (non-hydrogen) atoms. The van der Waals surface area contributed by atoms with Gasteiger partial charge >= 0.3 is 17.9 Å². The molecule has 16 nitrogen and oxygen atoms in total. The monoisotopic (exact) mass is 711 g/mol. The van der Waals surface area contributed by atoms with Crippen LogP contribution in [0.5, 0.6) is 5.75 Å². The number of carboxylic acid groups (broad SMARTS) is 3. The van der Waals surface area contributed by atoms with Crippen LogP contribution in [0.15, 0.2) is 30.5 Å². The first-order chi connectivity index (χ1) is 24.5. The molecule has 0 unspecified atom stereocenters. The molecule has 0 atom stereocenters.